The first-order chi connectivity index (χ1) is 11.4. The van der Waals surface area contributed by atoms with Gasteiger partial charge in [0.05, 0.1) is 12.8 Å². The van der Waals surface area contributed by atoms with Crippen LogP contribution in [0.25, 0.3) is 0 Å². The summed E-state index contributed by atoms with van der Waals surface area (Å²) in [4.78, 5) is 5.78. The first kappa shape index (κ1) is 17.0. The Morgan fingerprint density at radius 1 is 1.17 bits per heavy atom. The number of terminal acetylenes is 1. The van der Waals surface area contributed by atoms with E-state index < -0.39 is 0 Å². The molecular formula is C18H21N3OS. The third kappa shape index (κ3) is 6.98. The van der Waals surface area contributed by atoms with Gasteiger partial charge in [0.1, 0.15) is 5.76 Å². The largest absolute Gasteiger partial charge is 0.469 e. The Labute approximate surface area is 141 Å². The van der Waals surface area contributed by atoms with Crippen LogP contribution in [0.4, 0.5) is 0 Å². The lowest BCUT2D eigenvalue weighted by atomic mass is 10.3. The van der Waals surface area contributed by atoms with Gasteiger partial charge in [0, 0.05) is 30.2 Å². The lowest BCUT2D eigenvalue weighted by Gasteiger charge is -2.10. The van der Waals surface area contributed by atoms with Crippen LogP contribution < -0.4 is 10.6 Å². The Morgan fingerprint density at radius 2 is 2.04 bits per heavy atom. The van der Waals surface area contributed by atoms with Crippen LogP contribution in [0.1, 0.15) is 5.76 Å². The number of furan rings is 1. The first-order valence-electron chi connectivity index (χ1n) is 7.54. The van der Waals surface area contributed by atoms with Gasteiger partial charge in [-0.05, 0) is 24.3 Å². The maximum atomic E-state index is 5.30. The molecule has 2 aromatic rings. The molecule has 0 saturated carbocycles. The zero-order chi connectivity index (χ0) is 16.2. The predicted octanol–water partition coefficient (Wildman–Crippen LogP) is 2.78. The van der Waals surface area contributed by atoms with Crippen LogP contribution in [-0.2, 0) is 6.42 Å². The second kappa shape index (κ2) is 10.4. The minimum absolute atomic E-state index is 0.457. The van der Waals surface area contributed by atoms with Gasteiger partial charge >= 0.3 is 0 Å². The quantitative estimate of drug-likeness (QED) is 0.257. The van der Waals surface area contributed by atoms with Crippen LogP contribution in [-0.4, -0.2) is 31.3 Å². The maximum Gasteiger partial charge on any atom is 0.192 e. The van der Waals surface area contributed by atoms with Crippen molar-refractivity contribution in [2.75, 3.05) is 25.4 Å². The molecule has 1 aromatic carbocycles. The fourth-order valence-corrected chi connectivity index (χ4v) is 2.69. The standard InChI is InChI=1S/C18H21N3OS/c1-2-11-19-18(20-12-10-16-7-6-14-22-16)21-13-15-23-17-8-4-3-5-9-17/h1,3-9,14H,10-13,15H2,(H2,19,20,21). The van der Waals surface area contributed by atoms with Crippen LogP contribution in [0.3, 0.4) is 0 Å². The molecule has 0 aliphatic heterocycles. The van der Waals surface area contributed by atoms with E-state index in [0.717, 1.165) is 30.4 Å². The van der Waals surface area contributed by atoms with E-state index in [1.807, 2.05) is 42.1 Å². The minimum atomic E-state index is 0.457. The molecule has 0 atom stereocenters. The summed E-state index contributed by atoms with van der Waals surface area (Å²) in [5.41, 5.74) is 0. The second-order valence-corrected chi connectivity index (χ2v) is 5.87. The van der Waals surface area contributed by atoms with E-state index in [1.165, 1.54) is 4.90 Å². The predicted molar refractivity (Wildman–Crippen MR) is 96.7 cm³/mol. The van der Waals surface area contributed by atoms with Gasteiger partial charge in [-0.25, -0.2) is 0 Å². The lowest BCUT2D eigenvalue weighted by molar-refractivity contribution is 0.511. The van der Waals surface area contributed by atoms with Gasteiger partial charge in [-0.3, -0.25) is 4.99 Å². The molecular weight excluding hydrogens is 306 g/mol. The molecule has 2 N–H and O–H groups in total. The summed E-state index contributed by atoms with van der Waals surface area (Å²) in [5.74, 6) is 5.19. The van der Waals surface area contributed by atoms with Gasteiger partial charge in [0.25, 0.3) is 0 Å². The summed E-state index contributed by atoms with van der Waals surface area (Å²) >= 11 is 1.81. The zero-order valence-electron chi connectivity index (χ0n) is 13.0. The number of thioether (sulfide) groups is 1. The van der Waals surface area contributed by atoms with Crippen molar-refractivity contribution >= 4 is 17.7 Å². The molecule has 2 rings (SSSR count). The number of benzene rings is 1. The maximum absolute atomic E-state index is 5.30. The van der Waals surface area contributed by atoms with Crippen molar-refractivity contribution in [2.45, 2.75) is 11.3 Å². The highest BCUT2D eigenvalue weighted by Gasteiger charge is 1.99. The van der Waals surface area contributed by atoms with Crippen molar-refractivity contribution in [3.63, 3.8) is 0 Å². The van der Waals surface area contributed by atoms with E-state index in [4.69, 9.17) is 10.8 Å². The highest BCUT2D eigenvalue weighted by molar-refractivity contribution is 7.99. The molecule has 0 saturated heterocycles. The van der Waals surface area contributed by atoms with E-state index in [2.05, 4.69) is 33.7 Å². The van der Waals surface area contributed by atoms with Crippen LogP contribution in [0, 0.1) is 12.3 Å². The number of nitrogens with one attached hydrogen (secondary N) is 2. The van der Waals surface area contributed by atoms with Crippen molar-refractivity contribution < 1.29 is 4.42 Å². The Morgan fingerprint density at radius 3 is 2.78 bits per heavy atom. The molecule has 0 radical (unpaired) electrons. The highest BCUT2D eigenvalue weighted by Crippen LogP contribution is 2.15. The number of nitrogens with zero attached hydrogens (tertiary/aromatic N) is 1. The first-order valence-corrected chi connectivity index (χ1v) is 8.53. The summed E-state index contributed by atoms with van der Waals surface area (Å²) in [5, 5.41) is 6.41. The number of aliphatic imine (C=N–C) groups is 1. The van der Waals surface area contributed by atoms with Gasteiger partial charge in [-0.15, -0.1) is 18.2 Å². The van der Waals surface area contributed by atoms with E-state index in [1.54, 1.807) is 6.26 Å². The normalized spacial score (nSPS) is 11.0. The average Bonchev–Trinajstić information content (AvgIpc) is 3.10. The van der Waals surface area contributed by atoms with E-state index in [9.17, 15) is 0 Å². The molecule has 23 heavy (non-hydrogen) atoms. The van der Waals surface area contributed by atoms with E-state index in [-0.39, 0.29) is 0 Å². The van der Waals surface area contributed by atoms with Crippen LogP contribution in [0.2, 0.25) is 0 Å². The van der Waals surface area contributed by atoms with Crippen molar-refractivity contribution in [3.05, 3.63) is 54.5 Å². The van der Waals surface area contributed by atoms with Crippen molar-refractivity contribution in [2.24, 2.45) is 4.99 Å². The molecule has 0 spiro atoms. The summed E-state index contributed by atoms with van der Waals surface area (Å²) < 4.78 is 5.30. The Hall–Kier alpha value is -2.32. The molecule has 0 fully saturated rings. The molecule has 0 amide bonds. The summed E-state index contributed by atoms with van der Waals surface area (Å²) in [6.07, 6.45) is 7.75. The minimum Gasteiger partial charge on any atom is -0.469 e. The molecule has 120 valence electrons. The molecule has 5 heteroatoms. The van der Waals surface area contributed by atoms with Crippen LogP contribution in [0.5, 0.6) is 0 Å². The second-order valence-electron chi connectivity index (χ2n) is 4.71. The van der Waals surface area contributed by atoms with Gasteiger partial charge in [0.15, 0.2) is 5.96 Å². The zero-order valence-corrected chi connectivity index (χ0v) is 13.8. The van der Waals surface area contributed by atoms with Crippen molar-refractivity contribution in [1.29, 1.82) is 0 Å². The van der Waals surface area contributed by atoms with Crippen LogP contribution in [0.15, 0.2) is 63.0 Å². The fraction of sp³-hybridized carbons (Fsp3) is 0.278. The molecule has 0 aliphatic carbocycles. The number of rotatable bonds is 8. The molecule has 0 aliphatic rings. The SMILES string of the molecule is C#CCNC(=NCCc1ccco1)NCCSc1ccccc1. The topological polar surface area (TPSA) is 49.6 Å². The fourth-order valence-electron chi connectivity index (χ4n) is 1.90. The van der Waals surface area contributed by atoms with Gasteiger partial charge in [-0.1, -0.05) is 24.1 Å². The van der Waals surface area contributed by atoms with E-state index in [0.29, 0.717) is 13.1 Å². The van der Waals surface area contributed by atoms with E-state index >= 15 is 0 Å². The summed E-state index contributed by atoms with van der Waals surface area (Å²) in [6.45, 7) is 1.92. The number of hydrogen-bond acceptors (Lipinski definition) is 3. The average molecular weight is 327 g/mol. The molecule has 1 heterocycles. The smallest absolute Gasteiger partial charge is 0.192 e. The Bertz CT molecular complexity index is 617. The molecule has 0 bridgehead atoms. The highest BCUT2D eigenvalue weighted by atomic mass is 32.2. The van der Waals surface area contributed by atoms with Crippen molar-refractivity contribution in [1.82, 2.24) is 10.6 Å². The lowest BCUT2D eigenvalue weighted by Crippen LogP contribution is -2.38. The Balaban J connectivity index is 1.72. The summed E-state index contributed by atoms with van der Waals surface area (Å²) in [6, 6.07) is 14.2. The van der Waals surface area contributed by atoms with Gasteiger partial charge < -0.3 is 15.1 Å². The number of hydrogen-bond donors (Lipinski definition) is 2. The third-order valence-electron chi connectivity index (χ3n) is 2.97. The van der Waals surface area contributed by atoms with Crippen LogP contribution >= 0.6 is 11.8 Å². The third-order valence-corrected chi connectivity index (χ3v) is 3.99. The monoisotopic (exact) mass is 327 g/mol. The molecule has 1 aromatic heterocycles. The van der Waals surface area contributed by atoms with Gasteiger partial charge in [-0.2, -0.15) is 0 Å². The molecule has 0 unspecified atom stereocenters. The summed E-state index contributed by atoms with van der Waals surface area (Å²) in [7, 11) is 0. The number of guanidine groups is 1. The van der Waals surface area contributed by atoms with Gasteiger partial charge in [0.2, 0.25) is 0 Å². The Kier molecular flexibility index (Phi) is 7.72. The van der Waals surface area contributed by atoms with Crippen molar-refractivity contribution in [3.8, 4) is 12.3 Å². The molecule has 4 nitrogen and oxygen atoms in total.